The highest BCUT2D eigenvalue weighted by Crippen LogP contribution is 2.19. The van der Waals surface area contributed by atoms with Crippen LogP contribution in [0.3, 0.4) is 0 Å². The first-order chi connectivity index (χ1) is 9.11. The van der Waals surface area contributed by atoms with Gasteiger partial charge in [-0.3, -0.25) is 0 Å². The zero-order valence-corrected chi connectivity index (χ0v) is 14.7. The van der Waals surface area contributed by atoms with Gasteiger partial charge in [0.2, 0.25) is 0 Å². The summed E-state index contributed by atoms with van der Waals surface area (Å²) < 4.78 is 5.05. The summed E-state index contributed by atoms with van der Waals surface area (Å²) in [7, 11) is 0. The van der Waals surface area contributed by atoms with Crippen LogP contribution in [0.2, 0.25) is 0 Å². The highest BCUT2D eigenvalue weighted by atomic mass is 79.9. The minimum atomic E-state index is -0.256. The minimum Gasteiger partial charge on any atom is -0.461 e. The second-order valence-electron chi connectivity index (χ2n) is 4.80. The summed E-state index contributed by atoms with van der Waals surface area (Å²) in [5.74, 6) is -0.256. The lowest BCUT2D eigenvalue weighted by atomic mass is 10.1. The molecule has 116 valence electrons. The number of aryl methyl sites for hydroxylation is 1. The molecule has 0 aromatic carbocycles. The number of esters is 1. The Bertz CT molecular complexity index is 416. The maximum atomic E-state index is 11.8. The van der Waals surface area contributed by atoms with Gasteiger partial charge in [0.1, 0.15) is 5.69 Å². The maximum absolute atomic E-state index is 11.8. The third kappa shape index (κ3) is 5.29. The molecular formula is C15H27BrN2O2. The summed E-state index contributed by atoms with van der Waals surface area (Å²) in [4.78, 5) is 14.9. The fourth-order valence-electron chi connectivity index (χ4n) is 2.21. The van der Waals surface area contributed by atoms with Crippen molar-refractivity contribution in [2.75, 3.05) is 19.7 Å². The van der Waals surface area contributed by atoms with E-state index in [2.05, 4.69) is 17.2 Å². The minimum absolute atomic E-state index is 0. The van der Waals surface area contributed by atoms with Crippen molar-refractivity contribution in [1.82, 2.24) is 10.3 Å². The third-order valence-electron chi connectivity index (χ3n) is 3.33. The van der Waals surface area contributed by atoms with Crippen LogP contribution in [0.15, 0.2) is 0 Å². The molecule has 1 aromatic heterocycles. The number of halogens is 1. The molecule has 0 aliphatic heterocycles. The van der Waals surface area contributed by atoms with E-state index in [1.807, 2.05) is 20.8 Å². The van der Waals surface area contributed by atoms with Crippen LogP contribution in [0.5, 0.6) is 0 Å². The maximum Gasteiger partial charge on any atom is 0.355 e. The number of aromatic nitrogens is 1. The van der Waals surface area contributed by atoms with Crippen LogP contribution < -0.4 is 5.32 Å². The summed E-state index contributed by atoms with van der Waals surface area (Å²) in [5, 5.41) is 3.42. The van der Waals surface area contributed by atoms with Crippen molar-refractivity contribution < 1.29 is 9.53 Å². The lowest BCUT2D eigenvalue weighted by Crippen LogP contribution is -2.18. The van der Waals surface area contributed by atoms with E-state index >= 15 is 0 Å². The standard InChI is InChI=1S/C15H26N2O2.BrH/c1-5-7-9-16-10-8-13-11(3)14(17-12(13)4)15(18)19-6-2;/h16-17H,5-10H2,1-4H3;1H. The van der Waals surface area contributed by atoms with Gasteiger partial charge in [0.15, 0.2) is 0 Å². The van der Waals surface area contributed by atoms with E-state index in [-0.39, 0.29) is 23.0 Å². The molecule has 0 radical (unpaired) electrons. The predicted molar refractivity (Wildman–Crippen MR) is 88.0 cm³/mol. The molecule has 20 heavy (non-hydrogen) atoms. The molecule has 0 saturated carbocycles. The first kappa shape index (κ1) is 19.2. The molecule has 0 aliphatic carbocycles. The third-order valence-corrected chi connectivity index (χ3v) is 3.33. The molecule has 2 N–H and O–H groups in total. The van der Waals surface area contributed by atoms with Gasteiger partial charge in [-0.2, -0.15) is 0 Å². The Hall–Kier alpha value is -0.810. The van der Waals surface area contributed by atoms with Gasteiger partial charge in [0.05, 0.1) is 6.61 Å². The highest BCUT2D eigenvalue weighted by Gasteiger charge is 2.17. The lowest BCUT2D eigenvalue weighted by Gasteiger charge is -2.05. The molecule has 0 spiro atoms. The summed E-state index contributed by atoms with van der Waals surface area (Å²) in [6.45, 7) is 10.4. The van der Waals surface area contributed by atoms with Gasteiger partial charge in [-0.25, -0.2) is 4.79 Å². The lowest BCUT2D eigenvalue weighted by molar-refractivity contribution is 0.0519. The number of H-pyrrole nitrogens is 1. The van der Waals surface area contributed by atoms with Crippen LogP contribution >= 0.6 is 17.0 Å². The first-order valence-electron chi connectivity index (χ1n) is 7.17. The second kappa shape index (κ2) is 10.00. The number of aromatic amines is 1. The topological polar surface area (TPSA) is 54.1 Å². The molecule has 0 amide bonds. The van der Waals surface area contributed by atoms with Crippen molar-refractivity contribution in [1.29, 1.82) is 0 Å². The normalized spacial score (nSPS) is 10.2. The van der Waals surface area contributed by atoms with Crippen molar-refractivity contribution in [2.24, 2.45) is 0 Å². The van der Waals surface area contributed by atoms with Gasteiger partial charge in [-0.15, -0.1) is 17.0 Å². The highest BCUT2D eigenvalue weighted by molar-refractivity contribution is 8.93. The molecule has 0 atom stereocenters. The number of rotatable bonds is 8. The van der Waals surface area contributed by atoms with Gasteiger partial charge in [0, 0.05) is 5.69 Å². The predicted octanol–water partition coefficient (Wildman–Crippen LogP) is 3.32. The number of unbranched alkanes of at least 4 members (excludes halogenated alkanes) is 1. The van der Waals surface area contributed by atoms with E-state index in [0.717, 1.165) is 30.8 Å². The fraction of sp³-hybridized carbons (Fsp3) is 0.667. The largest absolute Gasteiger partial charge is 0.461 e. The molecular weight excluding hydrogens is 320 g/mol. The fourth-order valence-corrected chi connectivity index (χ4v) is 2.21. The number of ether oxygens (including phenoxy) is 1. The summed E-state index contributed by atoms with van der Waals surface area (Å²) >= 11 is 0. The van der Waals surface area contributed by atoms with Crippen LogP contribution in [0.4, 0.5) is 0 Å². The Labute approximate surface area is 132 Å². The molecule has 1 rings (SSSR count). The van der Waals surface area contributed by atoms with E-state index in [9.17, 15) is 4.79 Å². The van der Waals surface area contributed by atoms with E-state index in [1.54, 1.807) is 0 Å². The van der Waals surface area contributed by atoms with E-state index in [1.165, 1.54) is 18.4 Å². The zero-order chi connectivity index (χ0) is 14.3. The molecule has 1 heterocycles. The van der Waals surface area contributed by atoms with Crippen molar-refractivity contribution in [3.05, 3.63) is 22.5 Å². The Balaban J connectivity index is 0.00000361. The Morgan fingerprint density at radius 1 is 1.25 bits per heavy atom. The van der Waals surface area contributed by atoms with Crippen molar-refractivity contribution in [3.63, 3.8) is 0 Å². The average Bonchev–Trinajstić information content (AvgIpc) is 2.66. The van der Waals surface area contributed by atoms with Gasteiger partial charge in [0.25, 0.3) is 0 Å². The molecule has 1 aromatic rings. The van der Waals surface area contributed by atoms with E-state index in [0.29, 0.717) is 12.3 Å². The number of carbonyl (C=O) groups excluding carboxylic acids is 1. The van der Waals surface area contributed by atoms with Gasteiger partial charge < -0.3 is 15.0 Å². The second-order valence-corrected chi connectivity index (χ2v) is 4.80. The Kier molecular flexibility index (Phi) is 9.59. The van der Waals surface area contributed by atoms with Gasteiger partial charge in [-0.1, -0.05) is 13.3 Å². The van der Waals surface area contributed by atoms with Crippen molar-refractivity contribution in [2.45, 2.75) is 47.0 Å². The average molecular weight is 347 g/mol. The summed E-state index contributed by atoms with van der Waals surface area (Å²) in [5.41, 5.74) is 3.92. The molecule has 0 fully saturated rings. The Morgan fingerprint density at radius 2 is 1.95 bits per heavy atom. The molecule has 4 nitrogen and oxygen atoms in total. The summed E-state index contributed by atoms with van der Waals surface area (Å²) in [6.07, 6.45) is 3.36. The van der Waals surface area contributed by atoms with Crippen LogP contribution in [0.25, 0.3) is 0 Å². The molecule has 0 unspecified atom stereocenters. The van der Waals surface area contributed by atoms with E-state index in [4.69, 9.17) is 4.74 Å². The van der Waals surface area contributed by atoms with E-state index < -0.39 is 0 Å². The monoisotopic (exact) mass is 346 g/mol. The number of hydrogen-bond donors (Lipinski definition) is 2. The van der Waals surface area contributed by atoms with Crippen LogP contribution in [0.1, 0.15) is 54.0 Å². The van der Waals surface area contributed by atoms with Crippen LogP contribution in [-0.4, -0.2) is 30.6 Å². The Morgan fingerprint density at radius 3 is 2.55 bits per heavy atom. The molecule has 0 bridgehead atoms. The van der Waals surface area contributed by atoms with Crippen molar-refractivity contribution >= 4 is 23.0 Å². The van der Waals surface area contributed by atoms with Gasteiger partial charge in [-0.05, 0) is 57.8 Å². The molecule has 0 saturated heterocycles. The summed E-state index contributed by atoms with van der Waals surface area (Å²) in [6, 6.07) is 0. The van der Waals surface area contributed by atoms with Crippen LogP contribution in [0, 0.1) is 13.8 Å². The smallest absolute Gasteiger partial charge is 0.355 e. The SMILES string of the molecule is Br.CCCCNCCc1c(C)[nH]c(C(=O)OCC)c1C. The van der Waals surface area contributed by atoms with Crippen molar-refractivity contribution in [3.8, 4) is 0 Å². The zero-order valence-electron chi connectivity index (χ0n) is 13.0. The quantitative estimate of drug-likeness (QED) is 0.560. The number of carbonyl (C=O) groups is 1. The first-order valence-corrected chi connectivity index (χ1v) is 7.17. The number of hydrogen-bond acceptors (Lipinski definition) is 3. The number of nitrogens with one attached hydrogen (secondary N) is 2. The molecule has 0 aliphatic rings. The van der Waals surface area contributed by atoms with Crippen LogP contribution in [-0.2, 0) is 11.2 Å². The molecule has 5 heteroatoms. The van der Waals surface area contributed by atoms with Gasteiger partial charge >= 0.3 is 5.97 Å².